The molecule has 0 saturated carbocycles. The highest BCUT2D eigenvalue weighted by Crippen LogP contribution is 2.44. The first kappa shape index (κ1) is 75.7. The van der Waals surface area contributed by atoms with Gasteiger partial charge in [-0.05, 0) is 170 Å². The van der Waals surface area contributed by atoms with Crippen LogP contribution in [0.2, 0.25) is 0 Å². The van der Waals surface area contributed by atoms with Crippen LogP contribution in [0.3, 0.4) is 0 Å². The first-order valence-electron chi connectivity index (χ1n) is 42.2. The predicted octanol–water partition coefficient (Wildman–Crippen LogP) is 13.1. The van der Waals surface area contributed by atoms with Crippen LogP contribution in [0, 0.1) is 27.7 Å². The summed E-state index contributed by atoms with van der Waals surface area (Å²) in [4.78, 5) is 68.8. The van der Waals surface area contributed by atoms with Crippen LogP contribution >= 0.6 is 0 Å². The van der Waals surface area contributed by atoms with E-state index in [2.05, 4.69) is 131 Å². The van der Waals surface area contributed by atoms with E-state index >= 15 is 0 Å². The molecule has 4 aromatic carbocycles. The Kier molecular flexibility index (Phi) is 19.8. The molecule has 5 N–H and O–H groups in total. The third-order valence-electron chi connectivity index (χ3n) is 25.4. The number of nitrogens with one attached hydrogen (secondary N) is 5. The Balaban J connectivity index is 0.0000000934. The van der Waals surface area contributed by atoms with Gasteiger partial charge in [0, 0.05) is 178 Å². The van der Waals surface area contributed by atoms with Crippen molar-refractivity contribution in [3.05, 3.63) is 209 Å². The molecular formula is C92H91N21O8. The number of pyridine rings is 5. The average Bonchev–Trinajstić information content (AvgIpc) is 1.61. The van der Waals surface area contributed by atoms with E-state index in [-0.39, 0.29) is 34.8 Å². The Labute approximate surface area is 691 Å². The number of aromatic amines is 5. The topological polar surface area (TPSA) is 339 Å². The van der Waals surface area contributed by atoms with Crippen LogP contribution in [0.1, 0.15) is 116 Å². The lowest BCUT2D eigenvalue weighted by molar-refractivity contribution is 0.0696. The molecule has 612 valence electrons. The fraction of sp³-hybridized carbons (Fsp3) is 0.348. The van der Waals surface area contributed by atoms with E-state index in [1.54, 1.807) is 0 Å². The van der Waals surface area contributed by atoms with Crippen LogP contribution in [-0.4, -0.2) is 174 Å². The quantitative estimate of drug-likeness (QED) is 0.107. The molecule has 0 radical (unpaired) electrons. The normalized spacial score (nSPS) is 17.2. The SMILES string of the molecule is Cc1ccc2c(=O)n(C3CCOCC3)c3[nH]ccc4nnc(c2c1)c43.Cc1ccc2c(=O)n(C3CCOCC3)c3[nH]ccc4nnc(c2c1)c43.Cc1ccc2c(c1)-c1n[nH]c3ccnc(c13)N(C1CCOCC1)C2.Cc1ccc2c(c1)-c1n[nH]c3ccnc(c13)N(C1CCOCC1)C2.O=c1c2c(c3nnc4cc[nH]c(c43)n1C1CCOCC1)=CCN=2. The summed E-state index contributed by atoms with van der Waals surface area (Å²) in [5, 5.41) is 51.2. The lowest BCUT2D eigenvalue weighted by Gasteiger charge is -2.35. The van der Waals surface area contributed by atoms with Gasteiger partial charge >= 0.3 is 0 Å². The van der Waals surface area contributed by atoms with Gasteiger partial charge in [-0.15, -0.1) is 30.6 Å². The molecule has 21 heterocycles. The van der Waals surface area contributed by atoms with Crippen LogP contribution < -0.4 is 37.1 Å². The van der Waals surface area contributed by atoms with Crippen molar-refractivity contribution in [3.8, 4) is 22.5 Å². The molecule has 0 aliphatic carbocycles. The van der Waals surface area contributed by atoms with Gasteiger partial charge in [-0.1, -0.05) is 64.7 Å². The zero-order chi connectivity index (χ0) is 81.5. The summed E-state index contributed by atoms with van der Waals surface area (Å²) in [6, 6.07) is 36.2. The standard InChI is InChI=1S/2C19H18N4O2.2C19H20N4O.C16H15N5O2/c2*1-11-2-3-13-14(10-11)17-16-15(21-22-17)4-7-20-18(16)23(19(13)24)12-5-8-25-9-6-12;2*1-12-2-3-13-11-23(14-5-8-24-9-6-14)19-17-16(4-7-20-19)21-22-18(17)15(13)10-12;22-16-14-10(1-5-17-14)13-12-11(19-20-13)2-6-18-15(12)21(16)9-3-7-23-8-4-9/h2*2-4,7,10,12,20H,5-6,8-9H2,1H3;2*2-4,7,10,14H,5-6,8-9,11H2,1H3,(H,21,22);1-2,6,9,18H,3-5,7-8H2. The summed E-state index contributed by atoms with van der Waals surface area (Å²) in [6.07, 6.45) is 20.3. The average molecular weight is 1620 g/mol. The zero-order valence-corrected chi connectivity index (χ0v) is 67.9. The van der Waals surface area contributed by atoms with E-state index in [1.165, 1.54) is 33.4 Å². The van der Waals surface area contributed by atoms with E-state index in [9.17, 15) is 14.4 Å². The monoisotopic (exact) mass is 1620 g/mol. The van der Waals surface area contributed by atoms with Crippen molar-refractivity contribution < 1.29 is 23.7 Å². The molecule has 0 amide bonds. The summed E-state index contributed by atoms with van der Waals surface area (Å²) in [5.41, 5.74) is 21.1. The van der Waals surface area contributed by atoms with Gasteiger partial charge in [0.2, 0.25) is 0 Å². The molecule has 8 aliphatic heterocycles. The molecule has 0 unspecified atom stereocenters. The highest BCUT2D eigenvalue weighted by atomic mass is 16.5. The summed E-state index contributed by atoms with van der Waals surface area (Å²) in [5.74, 6) is 2.11. The molecule has 5 fully saturated rings. The van der Waals surface area contributed by atoms with Crippen molar-refractivity contribution in [2.75, 3.05) is 82.4 Å². The minimum Gasteiger partial charge on any atom is -0.381 e. The minimum atomic E-state index is -0.0533. The van der Waals surface area contributed by atoms with Crippen molar-refractivity contribution in [3.63, 3.8) is 0 Å². The minimum absolute atomic E-state index is 0.0173. The van der Waals surface area contributed by atoms with E-state index in [4.69, 9.17) is 33.7 Å². The first-order chi connectivity index (χ1) is 59.4. The van der Waals surface area contributed by atoms with Gasteiger partial charge in [-0.25, -0.2) is 9.97 Å². The van der Waals surface area contributed by atoms with E-state index in [0.717, 1.165) is 242 Å². The second-order valence-electron chi connectivity index (χ2n) is 32.9. The van der Waals surface area contributed by atoms with E-state index in [0.29, 0.717) is 74.4 Å². The van der Waals surface area contributed by atoms with Gasteiger partial charge in [0.15, 0.2) is 0 Å². The van der Waals surface area contributed by atoms with Crippen molar-refractivity contribution in [1.82, 2.24) is 89.6 Å². The first-order valence-corrected chi connectivity index (χ1v) is 42.2. The Bertz CT molecular complexity index is 6910. The number of H-pyrrole nitrogens is 5. The largest absolute Gasteiger partial charge is 0.381 e. The highest BCUT2D eigenvalue weighted by Gasteiger charge is 2.34. The van der Waals surface area contributed by atoms with Crippen LogP contribution in [0.5, 0.6) is 0 Å². The molecule has 0 atom stereocenters. The van der Waals surface area contributed by atoms with Crippen molar-refractivity contribution in [2.24, 2.45) is 4.99 Å². The molecule has 8 aliphatic rings. The molecular weight excluding hydrogens is 1530 g/mol. The maximum Gasteiger partial charge on any atom is 0.278 e. The zero-order valence-electron chi connectivity index (χ0n) is 67.9. The maximum atomic E-state index is 13.5. The van der Waals surface area contributed by atoms with Crippen molar-refractivity contribution >= 4 is 127 Å². The Hall–Kier alpha value is -12.8. The number of anilines is 2. The molecule has 25 rings (SSSR count). The molecule has 13 aromatic heterocycles. The molecule has 29 heteroatoms. The summed E-state index contributed by atoms with van der Waals surface area (Å²) < 4.78 is 33.2. The predicted molar refractivity (Wildman–Crippen MR) is 467 cm³/mol. The van der Waals surface area contributed by atoms with Gasteiger partial charge in [0.1, 0.15) is 78.4 Å². The van der Waals surface area contributed by atoms with Crippen molar-refractivity contribution in [1.29, 1.82) is 0 Å². The maximum absolute atomic E-state index is 13.5. The molecule has 121 heavy (non-hydrogen) atoms. The van der Waals surface area contributed by atoms with Gasteiger partial charge in [-0.3, -0.25) is 43.3 Å². The van der Waals surface area contributed by atoms with Gasteiger partial charge in [-0.2, -0.15) is 10.2 Å². The Morgan fingerprint density at radius 2 is 0.736 bits per heavy atom. The number of fused-ring (bicyclic) bond motifs is 10. The Morgan fingerprint density at radius 3 is 1.15 bits per heavy atom. The summed E-state index contributed by atoms with van der Waals surface area (Å²) >= 11 is 0. The third-order valence-corrected chi connectivity index (χ3v) is 25.4. The smallest absolute Gasteiger partial charge is 0.278 e. The number of nitrogens with zero attached hydrogens (tertiary/aromatic N) is 16. The van der Waals surface area contributed by atoms with Gasteiger partial charge < -0.3 is 48.4 Å². The fourth-order valence-electron chi connectivity index (χ4n) is 19.3. The van der Waals surface area contributed by atoms with Gasteiger partial charge in [0.05, 0.1) is 44.5 Å². The lowest BCUT2D eigenvalue weighted by Crippen LogP contribution is -2.42. The molecule has 29 nitrogen and oxygen atoms in total. The number of benzene rings is 4. The van der Waals surface area contributed by atoms with E-state index in [1.807, 2.05) is 131 Å². The van der Waals surface area contributed by atoms with E-state index < -0.39 is 0 Å². The molecule has 0 bridgehead atoms. The highest BCUT2D eigenvalue weighted by molar-refractivity contribution is 6.16. The second kappa shape index (κ2) is 31.7. The number of rotatable bonds is 5. The lowest BCUT2D eigenvalue weighted by atomic mass is 10.0. The number of hydrogen-bond donors (Lipinski definition) is 5. The number of ether oxygens (including phenoxy) is 5. The summed E-state index contributed by atoms with van der Waals surface area (Å²) in [6.45, 7) is 18.0. The third kappa shape index (κ3) is 13.5. The second-order valence-corrected chi connectivity index (χ2v) is 32.9. The number of aromatic nitrogens is 18. The van der Waals surface area contributed by atoms with Crippen LogP contribution in [0.15, 0.2) is 153 Å². The molecule has 17 aromatic rings. The van der Waals surface area contributed by atoms with Gasteiger partial charge in [0.25, 0.3) is 16.7 Å². The number of hydrogen-bond acceptors (Lipinski definition) is 21. The fourth-order valence-corrected chi connectivity index (χ4v) is 19.3. The number of aryl methyl sites for hydroxylation is 4. The van der Waals surface area contributed by atoms with Crippen molar-refractivity contribution in [2.45, 2.75) is 135 Å². The van der Waals surface area contributed by atoms with Crippen LogP contribution in [0.4, 0.5) is 11.6 Å². The Morgan fingerprint density at radius 1 is 0.372 bits per heavy atom. The molecule has 5 saturated heterocycles. The van der Waals surface area contributed by atoms with Crippen LogP contribution in [-0.2, 0) is 36.8 Å². The van der Waals surface area contributed by atoms with Crippen LogP contribution in [0.25, 0.3) is 138 Å². The molecule has 0 spiro atoms. The summed E-state index contributed by atoms with van der Waals surface area (Å²) in [7, 11) is 0.